The number of rotatable bonds is 4. The van der Waals surface area contributed by atoms with Crippen molar-refractivity contribution in [3.63, 3.8) is 0 Å². The van der Waals surface area contributed by atoms with Gasteiger partial charge in [0.25, 0.3) is 0 Å². The summed E-state index contributed by atoms with van der Waals surface area (Å²) in [7, 11) is 0. The van der Waals surface area contributed by atoms with E-state index in [2.05, 4.69) is 5.32 Å². The first kappa shape index (κ1) is 15.3. The second-order valence-corrected chi connectivity index (χ2v) is 5.22. The van der Waals surface area contributed by atoms with Crippen LogP contribution in [0.15, 0.2) is 30.3 Å². The fourth-order valence-corrected chi connectivity index (χ4v) is 2.51. The summed E-state index contributed by atoms with van der Waals surface area (Å²) in [6.45, 7) is 0.139. The van der Waals surface area contributed by atoms with Crippen LogP contribution in [0.3, 0.4) is 0 Å². The number of alkyl carbamates (subject to hydrolysis) is 1. The molecule has 0 aliphatic heterocycles. The normalized spacial score (nSPS) is 25.1. The zero-order chi connectivity index (χ0) is 15.2. The molecule has 3 atom stereocenters. The van der Waals surface area contributed by atoms with Gasteiger partial charge in [0, 0.05) is 6.04 Å². The fraction of sp³-hybridized carbons (Fsp3) is 0.467. The lowest BCUT2D eigenvalue weighted by molar-refractivity contribution is -0.145. The van der Waals surface area contributed by atoms with Crippen LogP contribution in [0, 0.1) is 5.92 Å². The highest BCUT2D eigenvalue weighted by atomic mass is 16.5. The van der Waals surface area contributed by atoms with Gasteiger partial charge in [0.1, 0.15) is 6.61 Å². The average Bonchev–Trinajstić information content (AvgIpc) is 2.48. The van der Waals surface area contributed by atoms with Crippen LogP contribution in [0.1, 0.15) is 24.8 Å². The van der Waals surface area contributed by atoms with Crippen LogP contribution in [0.5, 0.6) is 0 Å². The number of benzene rings is 1. The van der Waals surface area contributed by atoms with Gasteiger partial charge in [-0.05, 0) is 24.8 Å². The summed E-state index contributed by atoms with van der Waals surface area (Å²) in [5.41, 5.74) is 0.863. The molecule has 3 N–H and O–H groups in total. The second kappa shape index (κ2) is 7.08. The van der Waals surface area contributed by atoms with Crippen LogP contribution in [-0.4, -0.2) is 34.4 Å². The summed E-state index contributed by atoms with van der Waals surface area (Å²) in [5.74, 6) is -1.79. The molecule has 1 aromatic rings. The van der Waals surface area contributed by atoms with E-state index in [0.717, 1.165) is 5.56 Å². The maximum atomic E-state index is 11.7. The van der Waals surface area contributed by atoms with Crippen molar-refractivity contribution in [1.82, 2.24) is 5.32 Å². The van der Waals surface area contributed by atoms with Gasteiger partial charge >= 0.3 is 12.1 Å². The zero-order valence-corrected chi connectivity index (χ0v) is 11.6. The monoisotopic (exact) mass is 293 g/mol. The highest BCUT2D eigenvalue weighted by molar-refractivity contribution is 5.73. The Morgan fingerprint density at radius 2 is 1.95 bits per heavy atom. The minimum absolute atomic E-state index is 0.139. The Morgan fingerprint density at radius 1 is 1.24 bits per heavy atom. The van der Waals surface area contributed by atoms with Gasteiger partial charge in [-0.1, -0.05) is 30.3 Å². The number of aliphatic hydroxyl groups is 1. The number of ether oxygens (including phenoxy) is 1. The van der Waals surface area contributed by atoms with Crippen molar-refractivity contribution in [3.8, 4) is 0 Å². The number of nitrogens with one attached hydrogen (secondary N) is 1. The largest absolute Gasteiger partial charge is 0.481 e. The Balaban J connectivity index is 1.85. The van der Waals surface area contributed by atoms with E-state index in [1.165, 1.54) is 0 Å². The van der Waals surface area contributed by atoms with Gasteiger partial charge in [0.05, 0.1) is 12.0 Å². The van der Waals surface area contributed by atoms with E-state index in [1.54, 1.807) is 0 Å². The summed E-state index contributed by atoms with van der Waals surface area (Å²) < 4.78 is 5.08. The predicted octanol–water partition coefficient (Wildman–Crippen LogP) is 1.53. The molecule has 1 saturated carbocycles. The molecule has 21 heavy (non-hydrogen) atoms. The Morgan fingerprint density at radius 3 is 2.62 bits per heavy atom. The third-order valence-electron chi connectivity index (χ3n) is 3.66. The number of aliphatic hydroxyl groups excluding tert-OH is 1. The maximum absolute atomic E-state index is 11.7. The number of hydrogen-bond acceptors (Lipinski definition) is 4. The van der Waals surface area contributed by atoms with E-state index in [4.69, 9.17) is 9.84 Å². The van der Waals surface area contributed by atoms with Crippen molar-refractivity contribution in [3.05, 3.63) is 35.9 Å². The topological polar surface area (TPSA) is 95.9 Å². The van der Waals surface area contributed by atoms with E-state index in [9.17, 15) is 14.7 Å². The second-order valence-electron chi connectivity index (χ2n) is 5.22. The quantitative estimate of drug-likeness (QED) is 0.782. The molecule has 1 aromatic carbocycles. The molecule has 6 heteroatoms. The van der Waals surface area contributed by atoms with Gasteiger partial charge in [-0.15, -0.1) is 0 Å². The number of amides is 1. The summed E-state index contributed by atoms with van der Waals surface area (Å²) in [5, 5.41) is 21.3. The standard InChI is InChI=1S/C15H19NO5/c17-11-6-7-13(12(8-11)14(18)19)16-15(20)21-9-10-4-2-1-3-5-10/h1-5,11-13,17H,6-9H2,(H,16,20)(H,18,19)/t11-,12-,13+/m1/s1. The summed E-state index contributed by atoms with van der Waals surface area (Å²) >= 11 is 0. The van der Waals surface area contributed by atoms with Gasteiger partial charge < -0.3 is 20.3 Å². The molecular weight excluding hydrogens is 274 g/mol. The van der Waals surface area contributed by atoms with Gasteiger partial charge in [-0.25, -0.2) is 4.79 Å². The molecule has 0 spiro atoms. The van der Waals surface area contributed by atoms with Gasteiger partial charge in [-0.3, -0.25) is 4.79 Å². The van der Waals surface area contributed by atoms with E-state index < -0.39 is 30.1 Å². The number of hydrogen-bond donors (Lipinski definition) is 3. The third-order valence-corrected chi connectivity index (χ3v) is 3.66. The minimum atomic E-state index is -1.01. The van der Waals surface area contributed by atoms with Crippen molar-refractivity contribution in [1.29, 1.82) is 0 Å². The molecule has 1 aliphatic carbocycles. The van der Waals surface area contributed by atoms with Crippen LogP contribution >= 0.6 is 0 Å². The van der Waals surface area contributed by atoms with E-state index in [-0.39, 0.29) is 13.0 Å². The lowest BCUT2D eigenvalue weighted by Gasteiger charge is -2.31. The van der Waals surface area contributed by atoms with Crippen molar-refractivity contribution in [2.24, 2.45) is 5.92 Å². The van der Waals surface area contributed by atoms with Crippen molar-refractivity contribution >= 4 is 12.1 Å². The average molecular weight is 293 g/mol. The SMILES string of the molecule is O=C(N[C@H]1CC[C@@H](O)C[C@H]1C(=O)O)OCc1ccccc1. The zero-order valence-electron chi connectivity index (χ0n) is 11.6. The van der Waals surface area contributed by atoms with E-state index >= 15 is 0 Å². The molecule has 1 fully saturated rings. The van der Waals surface area contributed by atoms with Crippen molar-refractivity contribution < 1.29 is 24.5 Å². The summed E-state index contributed by atoms with van der Waals surface area (Å²) in [4.78, 5) is 22.9. The molecule has 114 valence electrons. The summed E-state index contributed by atoms with van der Waals surface area (Å²) in [6.07, 6.45) is -0.193. The van der Waals surface area contributed by atoms with Crippen LogP contribution in [0.4, 0.5) is 4.79 Å². The lowest BCUT2D eigenvalue weighted by Crippen LogP contribution is -2.47. The lowest BCUT2D eigenvalue weighted by atomic mass is 9.83. The van der Waals surface area contributed by atoms with Crippen LogP contribution in [0.2, 0.25) is 0 Å². The Labute approximate surface area is 122 Å². The maximum Gasteiger partial charge on any atom is 0.407 e. The van der Waals surface area contributed by atoms with Crippen molar-refractivity contribution in [2.45, 2.75) is 38.0 Å². The predicted molar refractivity (Wildman–Crippen MR) is 74.5 cm³/mol. The number of carbonyl (C=O) groups excluding carboxylic acids is 1. The molecule has 0 bridgehead atoms. The van der Waals surface area contributed by atoms with Gasteiger partial charge in [0.15, 0.2) is 0 Å². The van der Waals surface area contributed by atoms with Gasteiger partial charge in [-0.2, -0.15) is 0 Å². The molecule has 2 rings (SSSR count). The third kappa shape index (κ3) is 4.46. The Hall–Kier alpha value is -2.08. The smallest absolute Gasteiger partial charge is 0.407 e. The Kier molecular flexibility index (Phi) is 5.16. The number of aliphatic carboxylic acids is 1. The van der Waals surface area contributed by atoms with E-state index in [0.29, 0.717) is 12.8 Å². The number of carboxylic acid groups (broad SMARTS) is 1. The molecule has 1 amide bonds. The molecule has 6 nitrogen and oxygen atoms in total. The first-order valence-electron chi connectivity index (χ1n) is 6.94. The van der Waals surface area contributed by atoms with Crippen LogP contribution in [-0.2, 0) is 16.1 Å². The number of carboxylic acids is 1. The highest BCUT2D eigenvalue weighted by Gasteiger charge is 2.35. The first-order valence-corrected chi connectivity index (χ1v) is 6.94. The number of carbonyl (C=O) groups is 2. The van der Waals surface area contributed by atoms with Crippen molar-refractivity contribution in [2.75, 3.05) is 0 Å². The molecule has 0 radical (unpaired) electrons. The highest BCUT2D eigenvalue weighted by Crippen LogP contribution is 2.25. The molecular formula is C15H19NO5. The van der Waals surface area contributed by atoms with Crippen LogP contribution < -0.4 is 5.32 Å². The molecule has 0 heterocycles. The Bertz CT molecular complexity index is 490. The van der Waals surface area contributed by atoms with Crippen LogP contribution in [0.25, 0.3) is 0 Å². The minimum Gasteiger partial charge on any atom is -0.481 e. The first-order chi connectivity index (χ1) is 10.1. The van der Waals surface area contributed by atoms with E-state index in [1.807, 2.05) is 30.3 Å². The molecule has 0 aromatic heterocycles. The summed E-state index contributed by atoms with van der Waals surface area (Å²) in [6, 6.07) is 8.73. The fourth-order valence-electron chi connectivity index (χ4n) is 2.51. The van der Waals surface area contributed by atoms with Gasteiger partial charge in [0.2, 0.25) is 0 Å². The molecule has 0 saturated heterocycles. The molecule has 0 unspecified atom stereocenters. The molecule has 1 aliphatic rings.